The first kappa shape index (κ1) is 21.3. The van der Waals surface area contributed by atoms with E-state index in [9.17, 15) is 4.57 Å². The van der Waals surface area contributed by atoms with Crippen LogP contribution < -0.4 is 0 Å². The molecule has 0 radical (unpaired) electrons. The van der Waals surface area contributed by atoms with Gasteiger partial charge in [0.2, 0.25) is 0 Å². The highest BCUT2D eigenvalue weighted by Gasteiger charge is 2.37. The summed E-state index contributed by atoms with van der Waals surface area (Å²) in [5.74, 6) is 0. The van der Waals surface area contributed by atoms with Crippen molar-refractivity contribution >= 4 is 7.60 Å². The van der Waals surface area contributed by atoms with Crippen molar-refractivity contribution in [2.24, 2.45) is 0 Å². The quantitative estimate of drug-likeness (QED) is 0.379. The Hall–Kier alpha value is -0.710. The van der Waals surface area contributed by atoms with Gasteiger partial charge in [-0.25, -0.2) is 0 Å². The minimum Gasteiger partial charge on any atom is -0.353 e. The maximum atomic E-state index is 13.3. The van der Waals surface area contributed by atoms with E-state index in [1.165, 1.54) is 0 Å². The van der Waals surface area contributed by atoms with Crippen molar-refractivity contribution in [3.8, 4) is 0 Å². The average molecular weight is 358 g/mol. The third kappa shape index (κ3) is 7.04. The molecule has 5 nitrogen and oxygen atoms in total. The predicted octanol–water partition coefficient (Wildman–Crippen LogP) is 4.65. The number of hydrogen-bond acceptors (Lipinski definition) is 5. The Labute approximate surface area is 146 Å². The van der Waals surface area contributed by atoms with Crippen LogP contribution in [-0.4, -0.2) is 38.4 Å². The van der Waals surface area contributed by atoms with E-state index in [2.05, 4.69) is 0 Å². The minimum atomic E-state index is -3.26. The summed E-state index contributed by atoms with van der Waals surface area (Å²) in [5.41, 5.74) is 0.775. The molecular weight excluding hydrogens is 327 g/mol. The van der Waals surface area contributed by atoms with E-state index in [0.717, 1.165) is 5.56 Å². The smallest absolute Gasteiger partial charge is 0.334 e. The second kappa shape index (κ2) is 11.8. The lowest BCUT2D eigenvalue weighted by atomic mass is 10.1. The highest BCUT2D eigenvalue weighted by Crippen LogP contribution is 2.55. The number of ether oxygens (including phenoxy) is 2. The third-order valence-electron chi connectivity index (χ3n) is 3.55. The molecule has 0 aliphatic heterocycles. The van der Waals surface area contributed by atoms with Crippen LogP contribution in [0.1, 0.15) is 39.7 Å². The fraction of sp³-hybridized carbons (Fsp3) is 0.667. The van der Waals surface area contributed by atoms with E-state index in [0.29, 0.717) is 39.3 Å². The van der Waals surface area contributed by atoms with Crippen LogP contribution in [0.3, 0.4) is 0 Å². The van der Waals surface area contributed by atoms with E-state index in [-0.39, 0.29) is 5.66 Å². The molecule has 1 aromatic rings. The van der Waals surface area contributed by atoms with Crippen LogP contribution in [0.15, 0.2) is 30.3 Å². The average Bonchev–Trinajstić information content (AvgIpc) is 2.56. The first-order valence-corrected chi connectivity index (χ1v) is 10.4. The van der Waals surface area contributed by atoms with Gasteiger partial charge in [0.15, 0.2) is 6.29 Å². The zero-order chi connectivity index (χ0) is 17.8. The predicted molar refractivity (Wildman–Crippen MR) is 96.4 cm³/mol. The number of hydrogen-bond donors (Lipinski definition) is 0. The van der Waals surface area contributed by atoms with Gasteiger partial charge in [-0.15, -0.1) is 0 Å². The van der Waals surface area contributed by atoms with Gasteiger partial charge in [-0.1, -0.05) is 30.3 Å². The van der Waals surface area contributed by atoms with Crippen LogP contribution in [-0.2, 0) is 29.5 Å². The monoisotopic (exact) mass is 358 g/mol. The van der Waals surface area contributed by atoms with Crippen molar-refractivity contribution in [3.63, 3.8) is 0 Å². The summed E-state index contributed by atoms with van der Waals surface area (Å²) in [7, 11) is -3.26. The Morgan fingerprint density at radius 2 is 1.42 bits per heavy atom. The van der Waals surface area contributed by atoms with Crippen LogP contribution in [0, 0.1) is 0 Å². The summed E-state index contributed by atoms with van der Waals surface area (Å²) in [6.45, 7) is 9.26. The van der Waals surface area contributed by atoms with Gasteiger partial charge in [-0.05, 0) is 39.7 Å². The maximum Gasteiger partial charge on any atom is 0.334 e. The molecule has 0 heterocycles. The van der Waals surface area contributed by atoms with Crippen LogP contribution in [0.5, 0.6) is 0 Å². The van der Waals surface area contributed by atoms with Gasteiger partial charge < -0.3 is 18.5 Å². The molecule has 1 aromatic carbocycles. The molecule has 0 bridgehead atoms. The minimum absolute atomic E-state index is 0.317. The molecule has 0 aliphatic rings. The summed E-state index contributed by atoms with van der Waals surface area (Å²) in [6.07, 6.45) is 0.644. The molecule has 0 N–H and O–H groups in total. The van der Waals surface area contributed by atoms with Crippen LogP contribution in [0.2, 0.25) is 0 Å². The molecule has 138 valence electrons. The van der Waals surface area contributed by atoms with Gasteiger partial charge in [0.1, 0.15) is 0 Å². The van der Waals surface area contributed by atoms with Gasteiger partial charge in [0.05, 0.1) is 18.9 Å². The normalized spacial score (nSPS) is 13.4. The Bertz CT molecular complexity index is 464. The van der Waals surface area contributed by atoms with E-state index in [1.54, 1.807) is 0 Å². The molecular formula is C18H31O5P. The zero-order valence-corrected chi connectivity index (χ0v) is 16.2. The summed E-state index contributed by atoms with van der Waals surface area (Å²) < 4.78 is 35.8. The lowest BCUT2D eigenvalue weighted by molar-refractivity contribution is -0.140. The molecule has 24 heavy (non-hydrogen) atoms. The van der Waals surface area contributed by atoms with Gasteiger partial charge in [-0.2, -0.15) is 0 Å². The second-order valence-corrected chi connectivity index (χ2v) is 7.62. The molecule has 6 heteroatoms. The molecule has 0 aromatic heterocycles. The molecule has 0 fully saturated rings. The molecule has 0 amide bonds. The molecule has 0 saturated carbocycles. The fourth-order valence-corrected chi connectivity index (χ4v) is 4.68. The molecule has 1 unspecified atom stereocenters. The molecule has 1 rings (SSSR count). The maximum absolute atomic E-state index is 13.3. The van der Waals surface area contributed by atoms with E-state index < -0.39 is 13.9 Å². The van der Waals surface area contributed by atoms with E-state index in [1.807, 2.05) is 58.0 Å². The number of benzene rings is 1. The molecule has 0 saturated heterocycles. The van der Waals surface area contributed by atoms with Crippen molar-refractivity contribution in [1.29, 1.82) is 0 Å². The Morgan fingerprint density at radius 3 is 1.88 bits per heavy atom. The van der Waals surface area contributed by atoms with Gasteiger partial charge in [0, 0.05) is 19.6 Å². The zero-order valence-electron chi connectivity index (χ0n) is 15.3. The SMILES string of the molecule is CCOC(CC(Cc1ccccc1)P(=O)(OCC)OCC)OCC. The van der Waals surface area contributed by atoms with E-state index >= 15 is 0 Å². The second-order valence-electron chi connectivity index (χ2n) is 5.29. The summed E-state index contributed by atoms with van der Waals surface area (Å²) in [6, 6.07) is 9.95. The lowest BCUT2D eigenvalue weighted by Crippen LogP contribution is -2.27. The number of rotatable bonds is 13. The molecule has 1 atom stereocenters. The first-order chi connectivity index (χ1) is 11.6. The highest BCUT2D eigenvalue weighted by atomic mass is 31.2. The van der Waals surface area contributed by atoms with Crippen molar-refractivity contribution < 1.29 is 23.1 Å². The Morgan fingerprint density at radius 1 is 0.875 bits per heavy atom. The van der Waals surface area contributed by atoms with Crippen molar-refractivity contribution in [2.45, 2.75) is 52.5 Å². The standard InChI is InChI=1S/C18H31O5P/c1-5-20-18(21-6-2)15-17(14-16-12-10-9-11-13-16)24(19,22-7-3)23-8-4/h9-13,17-18H,5-8,14-15H2,1-4H3. The van der Waals surface area contributed by atoms with Crippen molar-refractivity contribution in [1.82, 2.24) is 0 Å². The van der Waals surface area contributed by atoms with Crippen LogP contribution in [0.25, 0.3) is 0 Å². The first-order valence-electron chi connectivity index (χ1n) is 8.75. The molecule has 0 spiro atoms. The summed E-state index contributed by atoms with van der Waals surface area (Å²) in [5, 5.41) is 0. The van der Waals surface area contributed by atoms with Gasteiger partial charge >= 0.3 is 7.60 Å². The van der Waals surface area contributed by atoms with Crippen molar-refractivity contribution in [3.05, 3.63) is 35.9 Å². The van der Waals surface area contributed by atoms with Crippen LogP contribution in [0.4, 0.5) is 0 Å². The Balaban J connectivity index is 3.01. The van der Waals surface area contributed by atoms with Gasteiger partial charge in [0.25, 0.3) is 0 Å². The van der Waals surface area contributed by atoms with Gasteiger partial charge in [-0.3, -0.25) is 4.57 Å². The lowest BCUT2D eigenvalue weighted by Gasteiger charge is -2.29. The van der Waals surface area contributed by atoms with Crippen molar-refractivity contribution in [2.75, 3.05) is 26.4 Å². The largest absolute Gasteiger partial charge is 0.353 e. The van der Waals surface area contributed by atoms with E-state index in [4.69, 9.17) is 18.5 Å². The summed E-state index contributed by atoms with van der Waals surface area (Å²) in [4.78, 5) is 0. The topological polar surface area (TPSA) is 54.0 Å². The highest BCUT2D eigenvalue weighted by molar-refractivity contribution is 7.54. The Kier molecular flexibility index (Phi) is 10.5. The summed E-state index contributed by atoms with van der Waals surface area (Å²) >= 11 is 0. The third-order valence-corrected chi connectivity index (χ3v) is 6.07. The molecule has 0 aliphatic carbocycles. The van der Waals surface area contributed by atoms with Crippen LogP contribution >= 0.6 is 7.60 Å². The fourth-order valence-electron chi connectivity index (χ4n) is 2.60.